The molecule has 0 aromatic carbocycles. The van der Waals surface area contributed by atoms with E-state index in [2.05, 4.69) is 27.4 Å². The largest absolute Gasteiger partial charge is 0.364 e. The topological polar surface area (TPSA) is 57.3 Å². The van der Waals surface area contributed by atoms with Crippen LogP contribution in [-0.4, -0.2) is 43.6 Å². The van der Waals surface area contributed by atoms with E-state index in [1.807, 2.05) is 6.07 Å². The Hall–Kier alpha value is -1.04. The number of hydrogen-bond donors (Lipinski definition) is 2. The van der Waals surface area contributed by atoms with Crippen molar-refractivity contribution in [3.05, 3.63) is 23.0 Å². The number of halogens is 2. The second-order valence-electron chi connectivity index (χ2n) is 4.33. The molecule has 2 rings (SSSR count). The van der Waals surface area contributed by atoms with Crippen molar-refractivity contribution in [2.45, 2.75) is 13.0 Å². The first-order valence-electron chi connectivity index (χ1n) is 5.99. The van der Waals surface area contributed by atoms with Gasteiger partial charge in [0.05, 0.1) is 5.69 Å². The lowest BCUT2D eigenvalue weighted by molar-refractivity contribution is 0.0958. The minimum atomic E-state index is -0.225. The van der Waals surface area contributed by atoms with Gasteiger partial charge in [0.2, 0.25) is 0 Å². The zero-order chi connectivity index (χ0) is 13.1. The molecular weight excluding hydrogens is 287 g/mol. The van der Waals surface area contributed by atoms with Gasteiger partial charge in [-0.05, 0) is 19.1 Å². The Morgan fingerprint density at radius 2 is 2.32 bits per heavy atom. The van der Waals surface area contributed by atoms with Crippen LogP contribution in [0.4, 0.5) is 5.69 Å². The Labute approximate surface area is 124 Å². The normalized spacial score (nSPS) is 18.7. The molecule has 1 aromatic rings. The summed E-state index contributed by atoms with van der Waals surface area (Å²) in [6.45, 7) is 4.88. The van der Waals surface area contributed by atoms with Crippen LogP contribution in [0.1, 0.15) is 17.4 Å². The average molecular weight is 305 g/mol. The number of rotatable bonds is 2. The third-order valence-electron chi connectivity index (χ3n) is 3.10. The number of aromatic nitrogens is 1. The Morgan fingerprint density at radius 1 is 1.58 bits per heavy atom. The molecule has 1 aromatic heterocycles. The molecule has 0 aliphatic carbocycles. The molecule has 106 valence electrons. The quantitative estimate of drug-likeness (QED) is 0.809. The Balaban J connectivity index is 0.00000180. The number of hydrogen-bond acceptors (Lipinski definition) is 4. The van der Waals surface area contributed by atoms with Crippen LogP contribution in [0.3, 0.4) is 0 Å². The van der Waals surface area contributed by atoms with E-state index in [1.165, 1.54) is 0 Å². The van der Waals surface area contributed by atoms with Gasteiger partial charge in [-0.25, -0.2) is 4.98 Å². The number of nitrogens with one attached hydrogen (secondary N) is 2. The summed E-state index contributed by atoms with van der Waals surface area (Å²) in [5.41, 5.74) is 1.23. The van der Waals surface area contributed by atoms with E-state index in [0.29, 0.717) is 16.9 Å². The van der Waals surface area contributed by atoms with Crippen LogP contribution < -0.4 is 15.5 Å². The highest BCUT2D eigenvalue weighted by atomic mass is 35.5. The first-order chi connectivity index (χ1) is 8.63. The minimum Gasteiger partial charge on any atom is -0.364 e. The standard InChI is InChI=1S/C12H17ClN4O.ClH/c1-8-7-15-5-6-17(8)10-4-3-9(12(18)14-2)16-11(10)13;/h3-4,8,15H,5-7H2,1-2H3,(H,14,18);1H/t8-;/m1./s1. The van der Waals surface area contributed by atoms with Gasteiger partial charge in [0.15, 0.2) is 5.15 Å². The molecule has 0 radical (unpaired) electrons. The molecular formula is C12H18Cl2N4O. The van der Waals surface area contributed by atoms with Gasteiger partial charge in [-0.15, -0.1) is 12.4 Å². The summed E-state index contributed by atoms with van der Waals surface area (Å²) >= 11 is 6.18. The Morgan fingerprint density at radius 3 is 2.89 bits per heavy atom. The molecule has 1 saturated heterocycles. The molecule has 19 heavy (non-hydrogen) atoms. The maximum absolute atomic E-state index is 11.5. The zero-order valence-corrected chi connectivity index (χ0v) is 12.5. The minimum absolute atomic E-state index is 0. The highest BCUT2D eigenvalue weighted by molar-refractivity contribution is 6.32. The van der Waals surface area contributed by atoms with Gasteiger partial charge in [-0.2, -0.15) is 0 Å². The summed E-state index contributed by atoms with van der Waals surface area (Å²) in [5, 5.41) is 6.24. The van der Waals surface area contributed by atoms with E-state index in [9.17, 15) is 4.79 Å². The molecule has 2 N–H and O–H groups in total. The molecule has 0 bridgehead atoms. The summed E-state index contributed by atoms with van der Waals surface area (Å²) in [5.74, 6) is -0.225. The lowest BCUT2D eigenvalue weighted by Crippen LogP contribution is -2.50. The van der Waals surface area contributed by atoms with E-state index in [4.69, 9.17) is 11.6 Å². The van der Waals surface area contributed by atoms with Crippen molar-refractivity contribution < 1.29 is 4.79 Å². The predicted molar refractivity (Wildman–Crippen MR) is 79.6 cm³/mol. The van der Waals surface area contributed by atoms with E-state index in [1.54, 1.807) is 13.1 Å². The van der Waals surface area contributed by atoms with E-state index < -0.39 is 0 Å². The van der Waals surface area contributed by atoms with Crippen LogP contribution >= 0.6 is 24.0 Å². The summed E-state index contributed by atoms with van der Waals surface area (Å²) in [7, 11) is 1.57. The highest BCUT2D eigenvalue weighted by Crippen LogP contribution is 2.26. The molecule has 0 saturated carbocycles. The van der Waals surface area contributed by atoms with Gasteiger partial charge >= 0.3 is 0 Å². The van der Waals surface area contributed by atoms with Gasteiger partial charge in [0, 0.05) is 32.7 Å². The van der Waals surface area contributed by atoms with Crippen molar-refractivity contribution in [1.29, 1.82) is 0 Å². The van der Waals surface area contributed by atoms with Gasteiger partial charge < -0.3 is 15.5 Å². The molecule has 1 fully saturated rings. The molecule has 0 spiro atoms. The van der Waals surface area contributed by atoms with Gasteiger partial charge in [-0.1, -0.05) is 11.6 Å². The third kappa shape index (κ3) is 3.49. The molecule has 1 aliphatic heterocycles. The Kier molecular flexibility index (Phi) is 5.85. The fraction of sp³-hybridized carbons (Fsp3) is 0.500. The van der Waals surface area contributed by atoms with Crippen molar-refractivity contribution in [2.24, 2.45) is 0 Å². The van der Waals surface area contributed by atoms with E-state index >= 15 is 0 Å². The van der Waals surface area contributed by atoms with E-state index in [-0.39, 0.29) is 18.3 Å². The fourth-order valence-electron chi connectivity index (χ4n) is 2.09. The van der Waals surface area contributed by atoms with Crippen molar-refractivity contribution in [1.82, 2.24) is 15.6 Å². The number of pyridine rings is 1. The maximum atomic E-state index is 11.5. The van der Waals surface area contributed by atoms with Crippen molar-refractivity contribution in [3.63, 3.8) is 0 Å². The van der Waals surface area contributed by atoms with Crippen LogP contribution in [0.5, 0.6) is 0 Å². The zero-order valence-electron chi connectivity index (χ0n) is 10.9. The number of anilines is 1. The van der Waals surface area contributed by atoms with Crippen LogP contribution in [-0.2, 0) is 0 Å². The molecule has 1 aliphatic rings. The van der Waals surface area contributed by atoms with Crippen LogP contribution in [0.2, 0.25) is 5.15 Å². The number of carbonyl (C=O) groups excluding carboxylic acids is 1. The Bertz CT molecular complexity index is 455. The average Bonchev–Trinajstić information content (AvgIpc) is 2.39. The molecule has 1 atom stereocenters. The molecule has 2 heterocycles. The molecule has 0 unspecified atom stereocenters. The van der Waals surface area contributed by atoms with Crippen LogP contribution in [0.15, 0.2) is 12.1 Å². The number of nitrogens with zero attached hydrogens (tertiary/aromatic N) is 2. The predicted octanol–water partition coefficient (Wildman–Crippen LogP) is 1.31. The van der Waals surface area contributed by atoms with E-state index in [0.717, 1.165) is 25.3 Å². The SMILES string of the molecule is CNC(=O)c1ccc(N2CCNC[C@H]2C)c(Cl)n1.Cl. The lowest BCUT2D eigenvalue weighted by Gasteiger charge is -2.36. The van der Waals surface area contributed by atoms with Gasteiger partial charge in [0.25, 0.3) is 5.91 Å². The summed E-state index contributed by atoms with van der Waals surface area (Å²) in [6, 6.07) is 3.93. The number of amides is 1. The van der Waals surface area contributed by atoms with Crippen LogP contribution in [0.25, 0.3) is 0 Å². The van der Waals surface area contributed by atoms with Crippen molar-refractivity contribution in [2.75, 3.05) is 31.6 Å². The van der Waals surface area contributed by atoms with Crippen LogP contribution in [0, 0.1) is 0 Å². The second-order valence-corrected chi connectivity index (χ2v) is 4.69. The van der Waals surface area contributed by atoms with Crippen molar-refractivity contribution in [3.8, 4) is 0 Å². The summed E-state index contributed by atoms with van der Waals surface area (Å²) in [4.78, 5) is 17.8. The monoisotopic (exact) mass is 304 g/mol. The smallest absolute Gasteiger partial charge is 0.269 e. The van der Waals surface area contributed by atoms with Crippen molar-refractivity contribution >= 4 is 35.6 Å². The second kappa shape index (κ2) is 6.93. The number of carbonyl (C=O) groups is 1. The fourth-order valence-corrected chi connectivity index (χ4v) is 2.36. The third-order valence-corrected chi connectivity index (χ3v) is 3.38. The van der Waals surface area contributed by atoms with Gasteiger partial charge in [0.1, 0.15) is 5.69 Å². The first-order valence-corrected chi connectivity index (χ1v) is 6.37. The molecule has 7 heteroatoms. The number of piperazine rings is 1. The first kappa shape index (κ1) is 16.0. The summed E-state index contributed by atoms with van der Waals surface area (Å²) < 4.78 is 0. The lowest BCUT2D eigenvalue weighted by atomic mass is 10.2. The highest BCUT2D eigenvalue weighted by Gasteiger charge is 2.21. The maximum Gasteiger partial charge on any atom is 0.269 e. The molecule has 5 nitrogen and oxygen atoms in total. The van der Waals surface area contributed by atoms with Gasteiger partial charge in [-0.3, -0.25) is 4.79 Å². The summed E-state index contributed by atoms with van der Waals surface area (Å²) in [6.07, 6.45) is 0. The molecule has 1 amide bonds.